The molecule has 3 heteroatoms. The molecule has 146 valence electrons. The fourth-order valence-electron chi connectivity index (χ4n) is 3.67. The lowest BCUT2D eigenvalue weighted by atomic mass is 9.85. The summed E-state index contributed by atoms with van der Waals surface area (Å²) in [7, 11) is 0. The quantitative estimate of drug-likeness (QED) is 0.504. The summed E-state index contributed by atoms with van der Waals surface area (Å²) in [6.07, 6.45) is -0.764. The van der Waals surface area contributed by atoms with Crippen LogP contribution in [0.1, 0.15) is 50.5 Å². The summed E-state index contributed by atoms with van der Waals surface area (Å²) in [4.78, 5) is 12.6. The molecule has 0 aromatic heterocycles. The molecule has 1 atom stereocenters. The van der Waals surface area contributed by atoms with Gasteiger partial charge in [0.05, 0.1) is 5.60 Å². The first kappa shape index (κ1) is 20.2. The standard InChI is InChI=1S/C25H27FO2/c1-15-10-9-13-20(23(15)26)22-19-12-8-7-11-18(19)14-16(2)21(22)24(17(3)27)28-25(4,5)6/h7-14,24H,1-6H3/t24-/m1/s1. The highest BCUT2D eigenvalue weighted by atomic mass is 19.1. The Bertz CT molecular complexity index is 1040. The average Bonchev–Trinajstić information content (AvgIpc) is 2.60. The van der Waals surface area contributed by atoms with Gasteiger partial charge < -0.3 is 4.74 Å². The Hall–Kier alpha value is -2.52. The number of carbonyl (C=O) groups is 1. The Kier molecular flexibility index (Phi) is 5.40. The van der Waals surface area contributed by atoms with E-state index in [4.69, 9.17) is 4.74 Å². The molecule has 0 unspecified atom stereocenters. The number of ketones is 1. The van der Waals surface area contributed by atoms with E-state index in [1.54, 1.807) is 19.1 Å². The molecule has 3 aromatic carbocycles. The Labute approximate surface area is 166 Å². The summed E-state index contributed by atoms with van der Waals surface area (Å²) < 4.78 is 21.4. The average molecular weight is 378 g/mol. The van der Waals surface area contributed by atoms with Gasteiger partial charge >= 0.3 is 0 Å². The van der Waals surface area contributed by atoms with E-state index in [0.29, 0.717) is 11.1 Å². The van der Waals surface area contributed by atoms with Gasteiger partial charge in [0.15, 0.2) is 5.78 Å². The van der Waals surface area contributed by atoms with Crippen molar-refractivity contribution in [3.05, 3.63) is 71.0 Å². The molecule has 0 aliphatic rings. The lowest BCUT2D eigenvalue weighted by Gasteiger charge is -2.29. The first-order valence-electron chi connectivity index (χ1n) is 9.56. The maximum Gasteiger partial charge on any atom is 0.163 e. The topological polar surface area (TPSA) is 26.3 Å². The number of hydrogen-bond acceptors (Lipinski definition) is 2. The lowest BCUT2D eigenvalue weighted by Crippen LogP contribution is -2.27. The van der Waals surface area contributed by atoms with Crippen molar-refractivity contribution in [1.29, 1.82) is 0 Å². The van der Waals surface area contributed by atoms with Gasteiger partial charge in [0.25, 0.3) is 0 Å². The second-order valence-corrected chi connectivity index (χ2v) is 8.36. The van der Waals surface area contributed by atoms with Gasteiger partial charge in [-0.05, 0) is 74.6 Å². The van der Waals surface area contributed by atoms with Gasteiger partial charge in [-0.15, -0.1) is 0 Å². The summed E-state index contributed by atoms with van der Waals surface area (Å²) in [5.41, 5.74) is 2.95. The third-order valence-corrected chi connectivity index (χ3v) is 4.86. The lowest BCUT2D eigenvalue weighted by molar-refractivity contribution is -0.138. The second-order valence-electron chi connectivity index (χ2n) is 8.36. The maximum atomic E-state index is 15.2. The molecular weight excluding hydrogens is 351 g/mol. The molecule has 0 bridgehead atoms. The predicted molar refractivity (Wildman–Crippen MR) is 113 cm³/mol. The summed E-state index contributed by atoms with van der Waals surface area (Å²) in [6, 6.07) is 15.3. The molecule has 0 amide bonds. The van der Waals surface area contributed by atoms with Crippen molar-refractivity contribution in [2.24, 2.45) is 0 Å². The van der Waals surface area contributed by atoms with Crippen LogP contribution in [0, 0.1) is 19.7 Å². The Morgan fingerprint density at radius 3 is 2.32 bits per heavy atom. The Balaban J connectivity index is 2.44. The van der Waals surface area contributed by atoms with Crippen LogP contribution in [0.2, 0.25) is 0 Å². The number of aryl methyl sites for hydroxylation is 2. The molecule has 0 saturated carbocycles. The van der Waals surface area contributed by atoms with Crippen LogP contribution in [0.5, 0.6) is 0 Å². The normalized spacial score (nSPS) is 13.0. The number of rotatable bonds is 4. The zero-order chi connectivity index (χ0) is 20.6. The van der Waals surface area contributed by atoms with E-state index < -0.39 is 11.7 Å². The summed E-state index contributed by atoms with van der Waals surface area (Å²) in [6.45, 7) is 11.0. The highest BCUT2D eigenvalue weighted by Gasteiger charge is 2.30. The molecular formula is C25H27FO2. The minimum absolute atomic E-state index is 0.0948. The second kappa shape index (κ2) is 7.48. The highest BCUT2D eigenvalue weighted by molar-refractivity contribution is 6.01. The summed E-state index contributed by atoms with van der Waals surface area (Å²) >= 11 is 0. The van der Waals surface area contributed by atoms with Crippen molar-refractivity contribution in [3.63, 3.8) is 0 Å². The van der Waals surface area contributed by atoms with Crippen molar-refractivity contribution in [3.8, 4) is 11.1 Å². The minimum Gasteiger partial charge on any atom is -0.360 e. The number of ether oxygens (including phenoxy) is 1. The van der Waals surface area contributed by atoms with Gasteiger partial charge in [0.2, 0.25) is 0 Å². The van der Waals surface area contributed by atoms with Crippen LogP contribution in [0.15, 0.2) is 48.5 Å². The van der Waals surface area contributed by atoms with E-state index in [2.05, 4.69) is 0 Å². The summed E-state index contributed by atoms with van der Waals surface area (Å²) in [5, 5.41) is 1.93. The number of hydrogen-bond donors (Lipinski definition) is 0. The minimum atomic E-state index is -0.764. The van der Waals surface area contributed by atoms with Crippen LogP contribution in [0.25, 0.3) is 21.9 Å². The number of Topliss-reactive ketones (excluding diaryl/α,β-unsaturated/α-hetero) is 1. The van der Waals surface area contributed by atoms with Crippen LogP contribution in [0.4, 0.5) is 4.39 Å². The fraction of sp³-hybridized carbons (Fsp3) is 0.320. The number of benzene rings is 3. The predicted octanol–water partition coefficient (Wildman–Crippen LogP) is 6.71. The zero-order valence-electron chi connectivity index (χ0n) is 17.4. The van der Waals surface area contributed by atoms with Crippen molar-refractivity contribution in [2.45, 2.75) is 53.2 Å². The molecule has 0 aliphatic carbocycles. The van der Waals surface area contributed by atoms with Crippen molar-refractivity contribution in [1.82, 2.24) is 0 Å². The van der Waals surface area contributed by atoms with E-state index in [9.17, 15) is 4.79 Å². The maximum absolute atomic E-state index is 15.2. The Morgan fingerprint density at radius 1 is 1.00 bits per heavy atom. The molecule has 2 nitrogen and oxygen atoms in total. The zero-order valence-corrected chi connectivity index (χ0v) is 17.4. The molecule has 0 aliphatic heterocycles. The molecule has 28 heavy (non-hydrogen) atoms. The van der Waals surface area contributed by atoms with E-state index in [1.165, 1.54) is 6.92 Å². The summed E-state index contributed by atoms with van der Waals surface area (Å²) in [5.74, 6) is -0.361. The van der Waals surface area contributed by atoms with Gasteiger partial charge in [-0.2, -0.15) is 0 Å². The van der Waals surface area contributed by atoms with Gasteiger partial charge in [0.1, 0.15) is 11.9 Å². The molecule has 0 heterocycles. The molecule has 0 saturated heterocycles. The van der Waals surface area contributed by atoms with Crippen molar-refractivity contribution in [2.75, 3.05) is 0 Å². The number of fused-ring (bicyclic) bond motifs is 1. The monoisotopic (exact) mass is 378 g/mol. The van der Waals surface area contributed by atoms with E-state index in [0.717, 1.165) is 27.5 Å². The smallest absolute Gasteiger partial charge is 0.163 e. The molecule has 3 aromatic rings. The van der Waals surface area contributed by atoms with E-state index >= 15 is 4.39 Å². The highest BCUT2D eigenvalue weighted by Crippen LogP contribution is 2.41. The van der Waals surface area contributed by atoms with Crippen LogP contribution >= 0.6 is 0 Å². The van der Waals surface area contributed by atoms with E-state index in [-0.39, 0.29) is 11.6 Å². The van der Waals surface area contributed by atoms with Crippen LogP contribution in [0.3, 0.4) is 0 Å². The van der Waals surface area contributed by atoms with Gasteiger partial charge in [-0.3, -0.25) is 4.79 Å². The molecule has 0 N–H and O–H groups in total. The van der Waals surface area contributed by atoms with Crippen LogP contribution in [-0.4, -0.2) is 11.4 Å². The SMILES string of the molecule is CC(=O)[C@@H](OC(C)(C)C)c1c(C)cc2ccccc2c1-c1cccc(C)c1F. The molecule has 0 spiro atoms. The van der Waals surface area contributed by atoms with E-state index in [1.807, 2.05) is 64.1 Å². The number of halogens is 1. The third kappa shape index (κ3) is 3.85. The van der Waals surface area contributed by atoms with Gasteiger partial charge in [-0.1, -0.05) is 48.5 Å². The molecule has 0 radical (unpaired) electrons. The van der Waals surface area contributed by atoms with Crippen molar-refractivity contribution < 1.29 is 13.9 Å². The Morgan fingerprint density at radius 2 is 1.68 bits per heavy atom. The first-order chi connectivity index (χ1) is 13.1. The largest absolute Gasteiger partial charge is 0.360 e. The van der Waals surface area contributed by atoms with Crippen LogP contribution in [-0.2, 0) is 9.53 Å². The third-order valence-electron chi connectivity index (χ3n) is 4.86. The number of carbonyl (C=O) groups excluding carboxylic acids is 1. The first-order valence-corrected chi connectivity index (χ1v) is 9.56. The molecule has 0 fully saturated rings. The fourth-order valence-corrected chi connectivity index (χ4v) is 3.67. The van der Waals surface area contributed by atoms with Crippen molar-refractivity contribution >= 4 is 16.6 Å². The van der Waals surface area contributed by atoms with Crippen LogP contribution < -0.4 is 0 Å². The van der Waals surface area contributed by atoms with Gasteiger partial charge in [0, 0.05) is 5.56 Å². The van der Waals surface area contributed by atoms with Gasteiger partial charge in [-0.25, -0.2) is 4.39 Å². The molecule has 3 rings (SSSR count).